The molecular weight excluding hydrogens is 382 g/mol. The van der Waals surface area contributed by atoms with Gasteiger partial charge < -0.3 is 0 Å². The maximum absolute atomic E-state index is 4.29. The summed E-state index contributed by atoms with van der Waals surface area (Å²) in [6.45, 7) is 2.07. The fraction of sp³-hybridized carbons (Fsp3) is 0.0667. The maximum Gasteiger partial charge on any atom is 0.121 e. The normalized spacial score (nSPS) is 10.8. The lowest BCUT2D eigenvalue weighted by Gasteiger charge is -2.05. The third kappa shape index (κ3) is 2.55. The smallest absolute Gasteiger partial charge is 0.121 e. The van der Waals surface area contributed by atoms with Gasteiger partial charge in [-0.2, -0.15) is 15.4 Å². The fourth-order valence-corrected chi connectivity index (χ4v) is 3.25. The van der Waals surface area contributed by atoms with Crippen LogP contribution in [0.2, 0.25) is 0 Å². The second-order valence-corrected chi connectivity index (χ2v) is 6.28. The Morgan fingerprint density at radius 2 is 1.60 bits per heavy atom. The van der Waals surface area contributed by atoms with Crippen LogP contribution in [0, 0.1) is 6.92 Å². The van der Waals surface area contributed by atoms with Crippen LogP contribution in [0.5, 0.6) is 0 Å². The van der Waals surface area contributed by atoms with E-state index in [1.165, 1.54) is 5.56 Å². The molecule has 0 spiro atoms. The van der Waals surface area contributed by atoms with Crippen LogP contribution in [-0.4, -0.2) is 15.4 Å². The van der Waals surface area contributed by atoms with Crippen LogP contribution in [0.1, 0.15) is 5.56 Å². The van der Waals surface area contributed by atoms with Crippen LogP contribution < -0.4 is 0 Å². The third-order valence-corrected chi connectivity index (χ3v) is 4.21. The number of aromatic nitrogens is 3. The minimum atomic E-state index is 0.841. The second kappa shape index (κ2) is 5.50. The zero-order valence-electron chi connectivity index (χ0n) is 10.7. The van der Waals surface area contributed by atoms with Crippen molar-refractivity contribution in [2.45, 2.75) is 6.92 Å². The molecule has 0 atom stereocenters. The summed E-state index contributed by atoms with van der Waals surface area (Å²) in [7, 11) is 0. The van der Waals surface area contributed by atoms with Gasteiger partial charge in [-0.1, -0.05) is 67.8 Å². The summed E-state index contributed by atoms with van der Waals surface area (Å²) in [5, 5.41) is 11.3. The van der Waals surface area contributed by atoms with E-state index in [-0.39, 0.29) is 0 Å². The van der Waals surface area contributed by atoms with Crippen molar-refractivity contribution in [3.8, 4) is 22.5 Å². The molecule has 1 heterocycles. The number of nitrogens with one attached hydrogen (secondary N) is 1. The first-order chi connectivity index (χ1) is 9.65. The fourth-order valence-electron chi connectivity index (χ4n) is 2.01. The number of halogens is 2. The molecule has 3 aromatic rings. The molecule has 3 rings (SSSR count). The van der Waals surface area contributed by atoms with Crippen molar-refractivity contribution in [1.29, 1.82) is 0 Å². The molecule has 100 valence electrons. The van der Waals surface area contributed by atoms with Crippen molar-refractivity contribution < 1.29 is 0 Å². The molecule has 0 fully saturated rings. The Bertz CT molecular complexity index is 748. The zero-order valence-corrected chi connectivity index (χ0v) is 13.9. The zero-order chi connectivity index (χ0) is 14.1. The molecule has 1 aromatic heterocycles. The van der Waals surface area contributed by atoms with E-state index in [9.17, 15) is 0 Å². The van der Waals surface area contributed by atoms with E-state index in [1.54, 1.807) is 0 Å². The van der Waals surface area contributed by atoms with E-state index >= 15 is 0 Å². The highest BCUT2D eigenvalue weighted by molar-refractivity contribution is 9.11. The van der Waals surface area contributed by atoms with Gasteiger partial charge >= 0.3 is 0 Å². The Morgan fingerprint density at radius 1 is 0.900 bits per heavy atom. The number of hydrogen-bond donors (Lipinski definition) is 1. The second-order valence-electron chi connectivity index (χ2n) is 4.51. The Balaban J connectivity index is 2.12. The highest BCUT2D eigenvalue weighted by atomic mass is 79.9. The lowest BCUT2D eigenvalue weighted by molar-refractivity contribution is 0.944. The van der Waals surface area contributed by atoms with E-state index in [0.29, 0.717) is 0 Å². The summed E-state index contributed by atoms with van der Waals surface area (Å²) in [4.78, 5) is 0. The Hall–Kier alpha value is -1.46. The van der Waals surface area contributed by atoms with Gasteiger partial charge in [-0.05, 0) is 19.1 Å². The van der Waals surface area contributed by atoms with Crippen molar-refractivity contribution in [2.24, 2.45) is 0 Å². The summed E-state index contributed by atoms with van der Waals surface area (Å²) >= 11 is 7.03. The lowest BCUT2D eigenvalue weighted by Crippen LogP contribution is -1.86. The van der Waals surface area contributed by atoms with Gasteiger partial charge in [-0.25, -0.2) is 0 Å². The molecule has 0 amide bonds. The molecule has 0 aliphatic carbocycles. The Morgan fingerprint density at radius 3 is 2.30 bits per heavy atom. The Labute approximate surface area is 133 Å². The van der Waals surface area contributed by atoms with E-state index in [0.717, 1.165) is 31.5 Å². The number of nitrogens with zero attached hydrogens (tertiary/aromatic N) is 2. The molecule has 1 N–H and O–H groups in total. The molecule has 0 aliphatic rings. The summed E-state index contributed by atoms with van der Waals surface area (Å²) in [6, 6.07) is 14.3. The van der Waals surface area contributed by atoms with Gasteiger partial charge in [0, 0.05) is 20.1 Å². The van der Waals surface area contributed by atoms with Crippen molar-refractivity contribution >= 4 is 31.9 Å². The molecule has 3 nitrogen and oxygen atoms in total. The van der Waals surface area contributed by atoms with Crippen LogP contribution in [-0.2, 0) is 0 Å². The topological polar surface area (TPSA) is 41.6 Å². The average molecular weight is 393 g/mol. The van der Waals surface area contributed by atoms with Crippen molar-refractivity contribution in [1.82, 2.24) is 15.4 Å². The van der Waals surface area contributed by atoms with E-state index < -0.39 is 0 Å². The van der Waals surface area contributed by atoms with Crippen molar-refractivity contribution in [3.05, 3.63) is 57.0 Å². The first-order valence-electron chi connectivity index (χ1n) is 6.08. The average Bonchev–Trinajstić information content (AvgIpc) is 2.88. The van der Waals surface area contributed by atoms with Crippen LogP contribution in [0.4, 0.5) is 0 Å². The lowest BCUT2D eigenvalue weighted by atomic mass is 10.0. The molecule has 0 aliphatic heterocycles. The number of rotatable bonds is 2. The molecule has 0 saturated carbocycles. The van der Waals surface area contributed by atoms with Crippen molar-refractivity contribution in [3.63, 3.8) is 0 Å². The quantitative estimate of drug-likeness (QED) is 0.668. The van der Waals surface area contributed by atoms with Crippen molar-refractivity contribution in [2.75, 3.05) is 0 Å². The third-order valence-electron chi connectivity index (χ3n) is 3.06. The summed E-state index contributed by atoms with van der Waals surface area (Å²) in [5.41, 5.74) is 4.98. The molecule has 0 radical (unpaired) electrons. The van der Waals surface area contributed by atoms with Gasteiger partial charge in [0.1, 0.15) is 11.4 Å². The molecule has 0 unspecified atom stereocenters. The molecule has 0 bridgehead atoms. The van der Waals surface area contributed by atoms with Gasteiger partial charge in [-0.3, -0.25) is 0 Å². The molecule has 0 saturated heterocycles. The summed E-state index contributed by atoms with van der Waals surface area (Å²) in [5.74, 6) is 0. The van der Waals surface area contributed by atoms with E-state index in [1.807, 2.05) is 18.2 Å². The van der Waals surface area contributed by atoms with Crippen LogP contribution in [0.15, 0.2) is 51.4 Å². The van der Waals surface area contributed by atoms with Gasteiger partial charge in [0.05, 0.1) is 0 Å². The highest BCUT2D eigenvalue weighted by Gasteiger charge is 2.14. The first-order valence-corrected chi connectivity index (χ1v) is 7.67. The number of benzene rings is 2. The number of aryl methyl sites for hydroxylation is 1. The van der Waals surface area contributed by atoms with Gasteiger partial charge in [0.25, 0.3) is 0 Å². The minimum Gasteiger partial charge on any atom is -0.197 e. The largest absolute Gasteiger partial charge is 0.197 e. The van der Waals surface area contributed by atoms with E-state index in [4.69, 9.17) is 0 Å². The van der Waals surface area contributed by atoms with Gasteiger partial charge in [0.15, 0.2) is 0 Å². The van der Waals surface area contributed by atoms with Crippen LogP contribution in [0.25, 0.3) is 22.5 Å². The predicted molar refractivity (Wildman–Crippen MR) is 87.4 cm³/mol. The predicted octanol–water partition coefficient (Wildman–Crippen LogP) is 4.97. The highest BCUT2D eigenvalue weighted by Crippen LogP contribution is 2.34. The minimum absolute atomic E-state index is 0.841. The van der Waals surface area contributed by atoms with Crippen LogP contribution in [0.3, 0.4) is 0 Å². The SMILES string of the molecule is Cc1ccc(-c2n[nH]nc2-c2ccc(Br)cc2Br)cc1. The molecule has 2 aromatic carbocycles. The first kappa shape index (κ1) is 13.5. The standard InChI is InChI=1S/C15H11Br2N3/c1-9-2-4-10(5-3-9)14-15(19-20-18-14)12-7-6-11(16)8-13(12)17/h2-8H,1H3,(H,18,19,20). The number of hydrogen-bond acceptors (Lipinski definition) is 2. The molecule has 20 heavy (non-hydrogen) atoms. The Kier molecular flexibility index (Phi) is 3.72. The molecule has 5 heteroatoms. The van der Waals surface area contributed by atoms with Crippen LogP contribution >= 0.6 is 31.9 Å². The summed E-state index contributed by atoms with van der Waals surface area (Å²) < 4.78 is 2.00. The van der Waals surface area contributed by atoms with E-state index in [2.05, 4.69) is 78.5 Å². The van der Waals surface area contributed by atoms with Gasteiger partial charge in [0.2, 0.25) is 0 Å². The number of H-pyrrole nitrogens is 1. The van der Waals surface area contributed by atoms with Gasteiger partial charge in [-0.15, -0.1) is 0 Å². The summed E-state index contributed by atoms with van der Waals surface area (Å²) in [6.07, 6.45) is 0. The molecular formula is C15H11Br2N3. The maximum atomic E-state index is 4.29. The number of aromatic amines is 1. The monoisotopic (exact) mass is 391 g/mol.